The minimum Gasteiger partial charge on any atom is -0.390 e. The summed E-state index contributed by atoms with van der Waals surface area (Å²) in [5.41, 5.74) is 0.990. The molecule has 1 aliphatic rings. The number of fused-ring (bicyclic) bond motifs is 1. The summed E-state index contributed by atoms with van der Waals surface area (Å²) in [6.07, 6.45) is -0.533. The molecule has 1 saturated heterocycles. The molecule has 25 heavy (non-hydrogen) atoms. The summed E-state index contributed by atoms with van der Waals surface area (Å²) in [6.45, 7) is 5.43. The van der Waals surface area contributed by atoms with Gasteiger partial charge in [0.2, 0.25) is 0 Å². The number of ether oxygens (including phenoxy) is 2. The molecule has 0 radical (unpaired) electrons. The maximum absolute atomic E-state index is 10.3. The zero-order valence-corrected chi connectivity index (χ0v) is 16.1. The fraction of sp³-hybridized carbons (Fsp3) is 0.500. The van der Waals surface area contributed by atoms with E-state index < -0.39 is 30.2 Å². The minimum absolute atomic E-state index is 0.423. The first-order valence-corrected chi connectivity index (χ1v) is 10.00. The molecule has 7 heteroatoms. The van der Waals surface area contributed by atoms with Crippen LogP contribution in [0.15, 0.2) is 40.1 Å². The van der Waals surface area contributed by atoms with Crippen LogP contribution in [-0.2, 0) is 9.47 Å². The maximum atomic E-state index is 10.3. The van der Waals surface area contributed by atoms with E-state index >= 15 is 0 Å². The van der Waals surface area contributed by atoms with Crippen molar-refractivity contribution < 1.29 is 19.7 Å². The van der Waals surface area contributed by atoms with E-state index in [1.54, 1.807) is 25.2 Å². The minimum atomic E-state index is -0.992. The van der Waals surface area contributed by atoms with Crippen molar-refractivity contribution in [3.63, 3.8) is 0 Å². The molecule has 0 spiro atoms. The lowest BCUT2D eigenvalue weighted by molar-refractivity contribution is -0.161. The Hall–Kier alpha value is -0.960. The Morgan fingerprint density at radius 1 is 1.32 bits per heavy atom. The monoisotopic (exact) mass is 381 g/mol. The Kier molecular flexibility index (Phi) is 5.82. The molecule has 1 aliphatic heterocycles. The third-order valence-corrected chi connectivity index (χ3v) is 5.98. The van der Waals surface area contributed by atoms with Gasteiger partial charge >= 0.3 is 0 Å². The van der Waals surface area contributed by atoms with Crippen molar-refractivity contribution >= 4 is 33.3 Å². The quantitative estimate of drug-likeness (QED) is 0.746. The van der Waals surface area contributed by atoms with Gasteiger partial charge in [-0.3, -0.25) is 0 Å². The van der Waals surface area contributed by atoms with Gasteiger partial charge in [-0.1, -0.05) is 30.8 Å². The number of hydrogen-bond donors (Lipinski definition) is 2. The lowest BCUT2D eigenvalue weighted by Crippen LogP contribution is -2.42. The number of aliphatic hydroxyl groups is 2. The van der Waals surface area contributed by atoms with Gasteiger partial charge in [-0.05, 0) is 43.9 Å². The topological polar surface area (TPSA) is 71.8 Å². The van der Waals surface area contributed by atoms with Gasteiger partial charge in [0.15, 0.2) is 10.1 Å². The Morgan fingerprint density at radius 2 is 2.08 bits per heavy atom. The molecule has 2 N–H and O–H groups in total. The predicted molar refractivity (Wildman–Crippen MR) is 101 cm³/mol. The highest BCUT2D eigenvalue weighted by atomic mass is 32.2. The molecule has 3 rings (SSSR count). The lowest BCUT2D eigenvalue weighted by Gasteiger charge is -2.24. The standard InChI is InChI=1S/C18H23NO4S2/c1-4-12(20)15(21)16-13(22-18(2,3)23-16)9-10-24-17-19-11-7-5-6-8-14(11)25-17/h5-10,12-13,15-16,20-21H,4H2,1-3H3/b10-9+/t12-,13+,15+,16+/m1/s1. The summed E-state index contributed by atoms with van der Waals surface area (Å²) >= 11 is 3.14. The maximum Gasteiger partial charge on any atom is 0.164 e. The molecule has 2 aromatic rings. The van der Waals surface area contributed by atoms with Crippen molar-refractivity contribution in [3.05, 3.63) is 35.7 Å². The van der Waals surface area contributed by atoms with Gasteiger partial charge in [0.05, 0.1) is 16.3 Å². The predicted octanol–water partition coefficient (Wildman–Crippen LogP) is 3.55. The molecule has 0 saturated carbocycles. The molecular formula is C18H23NO4S2. The second-order valence-corrected chi connectivity index (χ2v) is 8.61. The molecule has 0 bridgehead atoms. The van der Waals surface area contributed by atoms with Gasteiger partial charge in [0.25, 0.3) is 0 Å². The molecule has 4 atom stereocenters. The molecule has 1 fully saturated rings. The molecule has 1 aromatic carbocycles. The lowest BCUT2D eigenvalue weighted by atomic mass is 10.0. The SMILES string of the molecule is CC[C@@H](O)[C@H](O)[C@H]1OC(C)(C)O[C@H]1/C=C/Sc1nc2ccccc2s1. The van der Waals surface area contributed by atoms with Crippen LogP contribution in [-0.4, -0.2) is 45.4 Å². The molecule has 0 aliphatic carbocycles. The Morgan fingerprint density at radius 3 is 2.80 bits per heavy atom. The molecule has 0 amide bonds. The first kappa shape index (κ1) is 18.8. The van der Waals surface area contributed by atoms with Crippen LogP contribution >= 0.6 is 23.1 Å². The normalized spacial score (nSPS) is 25.6. The number of thioether (sulfide) groups is 1. The van der Waals surface area contributed by atoms with E-state index in [1.807, 2.05) is 36.6 Å². The fourth-order valence-corrected chi connectivity index (χ4v) is 4.59. The van der Waals surface area contributed by atoms with Crippen LogP contribution < -0.4 is 0 Å². The summed E-state index contributed by atoms with van der Waals surface area (Å²) in [6, 6.07) is 8.02. The van der Waals surface area contributed by atoms with Gasteiger partial charge in [0, 0.05) is 0 Å². The third kappa shape index (κ3) is 4.42. The Balaban J connectivity index is 1.69. The number of para-hydroxylation sites is 1. The summed E-state index contributed by atoms with van der Waals surface area (Å²) in [7, 11) is 0. The molecular weight excluding hydrogens is 358 g/mol. The second kappa shape index (κ2) is 7.73. The van der Waals surface area contributed by atoms with E-state index in [0.29, 0.717) is 6.42 Å². The van der Waals surface area contributed by atoms with E-state index in [-0.39, 0.29) is 0 Å². The van der Waals surface area contributed by atoms with Crippen molar-refractivity contribution in [1.29, 1.82) is 0 Å². The van der Waals surface area contributed by atoms with Crippen LogP contribution in [0.2, 0.25) is 0 Å². The van der Waals surface area contributed by atoms with E-state index in [4.69, 9.17) is 9.47 Å². The molecule has 136 valence electrons. The van der Waals surface area contributed by atoms with Crippen LogP contribution in [0.4, 0.5) is 0 Å². The molecule has 0 unspecified atom stereocenters. The number of hydrogen-bond acceptors (Lipinski definition) is 7. The highest BCUT2D eigenvalue weighted by Gasteiger charge is 2.45. The zero-order valence-electron chi connectivity index (χ0n) is 14.5. The summed E-state index contributed by atoms with van der Waals surface area (Å²) in [5, 5.41) is 22.2. The summed E-state index contributed by atoms with van der Waals surface area (Å²) in [4.78, 5) is 4.57. The zero-order chi connectivity index (χ0) is 18.0. The molecule has 2 heterocycles. The number of aliphatic hydroxyl groups excluding tert-OH is 2. The van der Waals surface area contributed by atoms with Gasteiger partial charge < -0.3 is 19.7 Å². The highest BCUT2D eigenvalue weighted by Crippen LogP contribution is 2.34. The summed E-state index contributed by atoms with van der Waals surface area (Å²) in [5.74, 6) is -0.797. The van der Waals surface area contributed by atoms with Crippen LogP contribution in [0.3, 0.4) is 0 Å². The fourth-order valence-electron chi connectivity index (χ4n) is 2.77. The van der Waals surface area contributed by atoms with Crippen LogP contribution in [0.1, 0.15) is 27.2 Å². The van der Waals surface area contributed by atoms with Gasteiger partial charge in [-0.15, -0.1) is 11.3 Å². The number of rotatable bonds is 6. The first-order valence-electron chi connectivity index (χ1n) is 8.30. The van der Waals surface area contributed by atoms with Gasteiger partial charge in [-0.25, -0.2) is 4.98 Å². The van der Waals surface area contributed by atoms with Crippen LogP contribution in [0.25, 0.3) is 10.2 Å². The second-order valence-electron chi connectivity index (χ2n) is 6.42. The number of thiazole rings is 1. The average molecular weight is 382 g/mol. The third-order valence-electron chi connectivity index (χ3n) is 4.02. The van der Waals surface area contributed by atoms with Gasteiger partial charge in [-0.2, -0.15) is 0 Å². The van der Waals surface area contributed by atoms with Crippen molar-refractivity contribution in [2.75, 3.05) is 0 Å². The Labute approximate surface area is 155 Å². The molecule has 1 aromatic heterocycles. The van der Waals surface area contributed by atoms with Crippen LogP contribution in [0, 0.1) is 0 Å². The van der Waals surface area contributed by atoms with E-state index in [9.17, 15) is 10.2 Å². The van der Waals surface area contributed by atoms with Crippen molar-refractivity contribution in [2.24, 2.45) is 0 Å². The first-order chi connectivity index (χ1) is 11.9. The largest absolute Gasteiger partial charge is 0.390 e. The highest BCUT2D eigenvalue weighted by molar-refractivity contribution is 8.03. The number of aromatic nitrogens is 1. The number of nitrogens with zero attached hydrogens (tertiary/aromatic N) is 1. The molecule has 5 nitrogen and oxygen atoms in total. The van der Waals surface area contributed by atoms with Crippen molar-refractivity contribution in [2.45, 2.75) is 61.7 Å². The number of benzene rings is 1. The van der Waals surface area contributed by atoms with E-state index in [0.717, 1.165) is 14.6 Å². The van der Waals surface area contributed by atoms with Crippen LogP contribution in [0.5, 0.6) is 0 Å². The smallest absolute Gasteiger partial charge is 0.164 e. The van der Waals surface area contributed by atoms with E-state index in [1.165, 1.54) is 11.8 Å². The average Bonchev–Trinajstić information content (AvgIpc) is 3.13. The van der Waals surface area contributed by atoms with Gasteiger partial charge in [0.1, 0.15) is 18.3 Å². The van der Waals surface area contributed by atoms with Crippen molar-refractivity contribution in [1.82, 2.24) is 4.98 Å². The summed E-state index contributed by atoms with van der Waals surface area (Å²) < 4.78 is 13.8. The Bertz CT molecular complexity index is 713. The van der Waals surface area contributed by atoms with E-state index in [2.05, 4.69) is 11.1 Å². The van der Waals surface area contributed by atoms with Crippen molar-refractivity contribution in [3.8, 4) is 0 Å².